The molecule has 1 aromatic heterocycles. The van der Waals surface area contributed by atoms with Crippen LogP contribution in [0.3, 0.4) is 0 Å². The maximum Gasteiger partial charge on any atom is 0.342 e. The third kappa shape index (κ3) is 4.81. The summed E-state index contributed by atoms with van der Waals surface area (Å²) in [5.74, 6) is 1.08. The molecular formula is C18H25N5O3. The Balaban J connectivity index is 1.98. The van der Waals surface area contributed by atoms with E-state index < -0.39 is 4.92 Å². The molecule has 0 aliphatic carbocycles. The van der Waals surface area contributed by atoms with E-state index in [-0.39, 0.29) is 12.4 Å². The van der Waals surface area contributed by atoms with Gasteiger partial charge in [-0.15, -0.1) is 0 Å². The van der Waals surface area contributed by atoms with Gasteiger partial charge < -0.3 is 19.8 Å². The molecule has 0 bridgehead atoms. The highest BCUT2D eigenvalue weighted by Crippen LogP contribution is 2.20. The smallest absolute Gasteiger partial charge is 0.342 e. The van der Waals surface area contributed by atoms with Gasteiger partial charge in [-0.25, -0.2) is 14.5 Å². The molecule has 0 atom stereocenters. The van der Waals surface area contributed by atoms with Crippen molar-refractivity contribution in [2.75, 3.05) is 0 Å². The first-order valence-electron chi connectivity index (χ1n) is 8.49. The largest absolute Gasteiger partial charge is 0.483 e. The minimum absolute atomic E-state index is 0.0619. The summed E-state index contributed by atoms with van der Waals surface area (Å²) >= 11 is 0. The summed E-state index contributed by atoms with van der Waals surface area (Å²) < 4.78 is 7.06. The molecule has 140 valence electrons. The molecule has 0 amide bonds. The molecule has 0 aliphatic rings. The van der Waals surface area contributed by atoms with E-state index in [1.165, 1.54) is 10.8 Å². The predicted molar refractivity (Wildman–Crippen MR) is 101 cm³/mol. The molecule has 0 fully saturated rings. The minimum Gasteiger partial charge on any atom is -0.483 e. The molecule has 1 aromatic carbocycles. The van der Waals surface area contributed by atoms with Gasteiger partial charge in [0.05, 0.1) is 19.1 Å². The lowest BCUT2D eigenvalue weighted by Gasteiger charge is -2.28. The second-order valence-electron chi connectivity index (χ2n) is 6.51. The van der Waals surface area contributed by atoms with E-state index >= 15 is 0 Å². The van der Waals surface area contributed by atoms with Crippen LogP contribution < -0.4 is 4.74 Å². The van der Waals surface area contributed by atoms with Crippen LogP contribution in [-0.4, -0.2) is 37.8 Å². The van der Waals surface area contributed by atoms with Crippen LogP contribution in [0.25, 0.3) is 0 Å². The van der Waals surface area contributed by atoms with Crippen LogP contribution in [0.2, 0.25) is 0 Å². The average molecular weight is 359 g/mol. The monoisotopic (exact) mass is 359 g/mol. The van der Waals surface area contributed by atoms with E-state index in [1.54, 1.807) is 7.05 Å². The molecule has 0 N–H and O–H groups in total. The maximum absolute atomic E-state index is 10.8. The van der Waals surface area contributed by atoms with Crippen LogP contribution in [0.4, 0.5) is 11.5 Å². The second-order valence-corrected chi connectivity index (χ2v) is 6.51. The summed E-state index contributed by atoms with van der Waals surface area (Å²) in [6, 6.07) is 8.13. The summed E-state index contributed by atoms with van der Waals surface area (Å²) in [5.41, 5.74) is 0.830. The Morgan fingerprint density at radius 3 is 2.38 bits per heavy atom. The highest BCUT2D eigenvalue weighted by atomic mass is 16.6. The Hall–Kier alpha value is -2.90. The summed E-state index contributed by atoms with van der Waals surface area (Å²) in [5, 5.41) is 10.8. The molecule has 8 nitrogen and oxygen atoms in total. The Labute approximate surface area is 153 Å². The lowest BCUT2D eigenvalue weighted by Crippen LogP contribution is -2.35. The molecule has 1 heterocycles. The zero-order valence-electron chi connectivity index (χ0n) is 15.8. The fraction of sp³-hybridized carbons (Fsp3) is 0.444. The molecule has 26 heavy (non-hydrogen) atoms. The highest BCUT2D eigenvalue weighted by molar-refractivity contribution is 5.62. The molecule has 0 radical (unpaired) electrons. The van der Waals surface area contributed by atoms with Gasteiger partial charge in [-0.05, 0) is 56.9 Å². The average Bonchev–Trinajstić information content (AvgIpc) is 2.94. The second kappa shape index (κ2) is 8.46. The normalized spacial score (nSPS) is 11.5. The van der Waals surface area contributed by atoms with Gasteiger partial charge in [0.15, 0.2) is 6.61 Å². The van der Waals surface area contributed by atoms with Crippen LogP contribution in [0.5, 0.6) is 5.75 Å². The number of aliphatic imine (C=N–C) groups is 1. The molecule has 0 spiro atoms. The van der Waals surface area contributed by atoms with Crippen molar-refractivity contribution in [2.45, 2.75) is 46.4 Å². The SMILES string of the molecule is CC(C)N(/C=N/c1ccc(OCc2ncc([N+](=O)[O-])n2C)cc1)C(C)C. The van der Waals surface area contributed by atoms with Gasteiger partial charge in [-0.3, -0.25) is 0 Å². The maximum atomic E-state index is 10.8. The Morgan fingerprint density at radius 1 is 1.27 bits per heavy atom. The molecule has 0 saturated carbocycles. The van der Waals surface area contributed by atoms with E-state index in [0.29, 0.717) is 23.7 Å². The Bertz CT molecular complexity index is 758. The minimum atomic E-state index is -0.471. The summed E-state index contributed by atoms with van der Waals surface area (Å²) in [6.45, 7) is 8.67. The third-order valence-corrected chi connectivity index (χ3v) is 3.98. The van der Waals surface area contributed by atoms with Crippen molar-refractivity contribution in [1.82, 2.24) is 14.5 Å². The number of nitro groups is 1. The molecule has 0 aliphatic heterocycles. The van der Waals surface area contributed by atoms with Gasteiger partial charge in [0, 0.05) is 12.1 Å². The van der Waals surface area contributed by atoms with Crippen molar-refractivity contribution in [3.05, 3.63) is 46.4 Å². The number of hydrogen-bond donors (Lipinski definition) is 0. The molecule has 0 saturated heterocycles. The van der Waals surface area contributed by atoms with Crippen LogP contribution >= 0.6 is 0 Å². The summed E-state index contributed by atoms with van der Waals surface area (Å²) in [4.78, 5) is 21.1. The zero-order valence-corrected chi connectivity index (χ0v) is 15.8. The van der Waals surface area contributed by atoms with E-state index in [2.05, 4.69) is 42.6 Å². The number of benzene rings is 1. The molecule has 2 aromatic rings. The van der Waals surface area contributed by atoms with Crippen molar-refractivity contribution < 1.29 is 9.66 Å². The molecular weight excluding hydrogens is 334 g/mol. The van der Waals surface area contributed by atoms with Crippen LogP contribution in [-0.2, 0) is 13.7 Å². The van der Waals surface area contributed by atoms with Gasteiger partial charge >= 0.3 is 5.82 Å². The van der Waals surface area contributed by atoms with Gasteiger partial charge in [0.25, 0.3) is 0 Å². The highest BCUT2D eigenvalue weighted by Gasteiger charge is 2.16. The number of hydrogen-bond acceptors (Lipinski definition) is 5. The lowest BCUT2D eigenvalue weighted by atomic mass is 10.2. The molecule has 2 rings (SSSR count). The van der Waals surface area contributed by atoms with Crippen molar-refractivity contribution in [2.24, 2.45) is 12.0 Å². The zero-order chi connectivity index (χ0) is 19.3. The van der Waals surface area contributed by atoms with Gasteiger partial charge in [-0.2, -0.15) is 0 Å². The summed E-state index contributed by atoms with van der Waals surface area (Å²) in [6.07, 6.45) is 3.09. The van der Waals surface area contributed by atoms with Crippen molar-refractivity contribution in [3.8, 4) is 5.75 Å². The molecule has 8 heteroatoms. The van der Waals surface area contributed by atoms with Crippen LogP contribution in [0, 0.1) is 10.1 Å². The third-order valence-electron chi connectivity index (χ3n) is 3.98. The van der Waals surface area contributed by atoms with Crippen molar-refractivity contribution >= 4 is 17.8 Å². The topological polar surface area (TPSA) is 85.8 Å². The Kier molecular flexibility index (Phi) is 6.32. The quantitative estimate of drug-likeness (QED) is 0.310. The Morgan fingerprint density at radius 2 is 1.88 bits per heavy atom. The van der Waals surface area contributed by atoms with Gasteiger partial charge in [0.2, 0.25) is 5.82 Å². The van der Waals surface area contributed by atoms with Crippen molar-refractivity contribution in [3.63, 3.8) is 0 Å². The van der Waals surface area contributed by atoms with Crippen LogP contribution in [0.1, 0.15) is 33.5 Å². The van der Waals surface area contributed by atoms with Gasteiger partial charge in [0.1, 0.15) is 11.9 Å². The lowest BCUT2D eigenvalue weighted by molar-refractivity contribution is -0.391. The van der Waals surface area contributed by atoms with Gasteiger partial charge in [-0.1, -0.05) is 0 Å². The first kappa shape index (κ1) is 19.4. The number of ether oxygens (including phenoxy) is 1. The van der Waals surface area contributed by atoms with Crippen molar-refractivity contribution in [1.29, 1.82) is 0 Å². The molecule has 0 unspecified atom stereocenters. The first-order chi connectivity index (χ1) is 12.3. The number of rotatable bonds is 8. The number of aromatic nitrogens is 2. The fourth-order valence-electron chi connectivity index (χ4n) is 2.51. The number of imidazole rings is 1. The van der Waals surface area contributed by atoms with E-state index in [1.807, 2.05) is 30.6 Å². The van der Waals surface area contributed by atoms with E-state index in [0.717, 1.165) is 5.69 Å². The van der Waals surface area contributed by atoms with E-state index in [9.17, 15) is 10.1 Å². The summed E-state index contributed by atoms with van der Waals surface area (Å²) in [7, 11) is 1.59. The first-order valence-corrected chi connectivity index (χ1v) is 8.49. The van der Waals surface area contributed by atoms with E-state index in [4.69, 9.17) is 4.74 Å². The fourth-order valence-corrected chi connectivity index (χ4v) is 2.51. The standard InChI is InChI=1S/C18H25N5O3/c1-13(2)22(14(3)4)12-20-15-6-8-16(9-7-15)26-11-17-19-10-18(21(17)5)23(24)25/h6-10,12-14H,11H2,1-5H3/b20-12+. The van der Waals surface area contributed by atoms with Crippen LogP contribution in [0.15, 0.2) is 35.5 Å². The number of nitrogens with zero attached hydrogens (tertiary/aromatic N) is 5. The predicted octanol–water partition coefficient (Wildman–Crippen LogP) is 3.69.